The van der Waals surface area contributed by atoms with Gasteiger partial charge in [-0.15, -0.1) is 10.2 Å². The first kappa shape index (κ1) is 15.6. The molecule has 8 heteroatoms. The number of hydrogen-bond acceptors (Lipinski definition) is 5. The van der Waals surface area contributed by atoms with Crippen LogP contribution in [0.5, 0.6) is 0 Å². The summed E-state index contributed by atoms with van der Waals surface area (Å²) in [6.07, 6.45) is 2.57. The van der Waals surface area contributed by atoms with Crippen LogP contribution < -0.4 is 0 Å². The molecule has 0 saturated heterocycles. The van der Waals surface area contributed by atoms with E-state index in [1.54, 1.807) is 6.20 Å². The predicted molar refractivity (Wildman–Crippen MR) is 79.4 cm³/mol. The number of hydrogen-bond donors (Lipinski definition) is 1. The van der Waals surface area contributed by atoms with Crippen LogP contribution in [0.3, 0.4) is 0 Å². The van der Waals surface area contributed by atoms with E-state index in [1.165, 1.54) is 11.8 Å². The lowest BCUT2D eigenvalue weighted by molar-refractivity contribution is -0.133. The normalized spacial score (nSPS) is 11.2. The number of aryl methyl sites for hydroxylation is 2. The van der Waals surface area contributed by atoms with Crippen molar-refractivity contribution in [2.45, 2.75) is 37.9 Å². The molecule has 2 aromatic rings. The van der Waals surface area contributed by atoms with E-state index in [9.17, 15) is 4.79 Å². The van der Waals surface area contributed by atoms with Crippen molar-refractivity contribution in [1.29, 1.82) is 0 Å². The third kappa shape index (κ3) is 3.84. The summed E-state index contributed by atoms with van der Waals surface area (Å²) in [5.41, 5.74) is 1.12. The number of carboxylic acids is 1. The van der Waals surface area contributed by atoms with Gasteiger partial charge in [-0.25, -0.2) is 0 Å². The third-order valence-electron chi connectivity index (χ3n) is 3.10. The zero-order chi connectivity index (χ0) is 15.4. The van der Waals surface area contributed by atoms with E-state index in [2.05, 4.69) is 29.1 Å². The summed E-state index contributed by atoms with van der Waals surface area (Å²) in [5, 5.41) is 21.9. The van der Waals surface area contributed by atoms with Gasteiger partial charge in [0, 0.05) is 37.8 Å². The SMILES string of the molecule is CC(C)c1nnc(SCC(=O)O)n1CCc1ccnn1C. The van der Waals surface area contributed by atoms with Crippen molar-refractivity contribution < 1.29 is 9.90 Å². The lowest BCUT2D eigenvalue weighted by atomic mass is 10.2. The molecule has 0 aromatic carbocycles. The zero-order valence-corrected chi connectivity index (χ0v) is 13.2. The minimum atomic E-state index is -0.854. The van der Waals surface area contributed by atoms with Gasteiger partial charge in [-0.05, 0) is 6.07 Å². The summed E-state index contributed by atoms with van der Waals surface area (Å²) >= 11 is 1.20. The molecule has 0 bridgehead atoms. The van der Waals surface area contributed by atoms with Crippen LogP contribution in [-0.4, -0.2) is 41.4 Å². The minimum Gasteiger partial charge on any atom is -0.481 e. The highest BCUT2D eigenvalue weighted by molar-refractivity contribution is 7.99. The van der Waals surface area contributed by atoms with Gasteiger partial charge in [-0.3, -0.25) is 9.48 Å². The Balaban J connectivity index is 2.16. The van der Waals surface area contributed by atoms with Crippen molar-refractivity contribution in [3.8, 4) is 0 Å². The average molecular weight is 309 g/mol. The molecule has 0 fully saturated rings. The Kier molecular flexibility index (Phi) is 5.00. The third-order valence-corrected chi connectivity index (χ3v) is 4.05. The van der Waals surface area contributed by atoms with Crippen LogP contribution in [0, 0.1) is 0 Å². The summed E-state index contributed by atoms with van der Waals surface area (Å²) in [6.45, 7) is 4.81. The van der Waals surface area contributed by atoms with E-state index in [0.717, 1.165) is 17.9 Å². The molecule has 0 saturated carbocycles. The number of aromatic nitrogens is 5. The lowest BCUT2D eigenvalue weighted by Gasteiger charge is -2.11. The van der Waals surface area contributed by atoms with Crippen molar-refractivity contribution in [2.75, 3.05) is 5.75 Å². The maximum atomic E-state index is 10.7. The van der Waals surface area contributed by atoms with Crippen LogP contribution >= 0.6 is 11.8 Å². The highest BCUT2D eigenvalue weighted by atomic mass is 32.2. The van der Waals surface area contributed by atoms with Crippen LogP contribution in [-0.2, 0) is 24.8 Å². The van der Waals surface area contributed by atoms with Gasteiger partial charge in [0.1, 0.15) is 5.82 Å². The molecular weight excluding hydrogens is 290 g/mol. The molecular formula is C13H19N5O2S. The summed E-state index contributed by atoms with van der Waals surface area (Å²) in [5.74, 6) is 0.252. The van der Waals surface area contributed by atoms with E-state index in [-0.39, 0.29) is 11.7 Å². The minimum absolute atomic E-state index is 0.0120. The molecule has 0 unspecified atom stereocenters. The summed E-state index contributed by atoms with van der Waals surface area (Å²) in [4.78, 5) is 10.7. The predicted octanol–water partition coefficient (Wildman–Crippen LogP) is 1.55. The Hall–Kier alpha value is -1.83. The standard InChI is InChI=1S/C13H19N5O2S/c1-9(2)12-15-16-13(21-8-11(19)20)18(12)7-5-10-4-6-14-17(10)3/h4,6,9H,5,7-8H2,1-3H3,(H,19,20). The first-order valence-corrected chi connectivity index (χ1v) is 7.72. The quantitative estimate of drug-likeness (QED) is 0.781. The molecule has 2 aromatic heterocycles. The second-order valence-corrected chi connectivity index (χ2v) is 5.97. The number of carboxylic acid groups (broad SMARTS) is 1. The van der Waals surface area contributed by atoms with Gasteiger partial charge >= 0.3 is 5.97 Å². The molecule has 0 radical (unpaired) electrons. The molecule has 0 aliphatic heterocycles. The van der Waals surface area contributed by atoms with E-state index >= 15 is 0 Å². The average Bonchev–Trinajstić information content (AvgIpc) is 3.00. The maximum absolute atomic E-state index is 10.7. The Morgan fingerprint density at radius 2 is 2.19 bits per heavy atom. The molecule has 0 amide bonds. The molecule has 7 nitrogen and oxygen atoms in total. The Bertz CT molecular complexity index is 620. The highest BCUT2D eigenvalue weighted by Crippen LogP contribution is 2.21. The zero-order valence-electron chi connectivity index (χ0n) is 12.4. The van der Waals surface area contributed by atoms with Gasteiger partial charge in [0.15, 0.2) is 5.16 Å². The molecule has 114 valence electrons. The second-order valence-electron chi connectivity index (χ2n) is 5.03. The van der Waals surface area contributed by atoms with Gasteiger partial charge < -0.3 is 9.67 Å². The van der Waals surface area contributed by atoms with Crippen molar-refractivity contribution in [2.24, 2.45) is 7.05 Å². The molecule has 0 spiro atoms. The number of rotatable bonds is 7. The van der Waals surface area contributed by atoms with Crippen molar-refractivity contribution >= 4 is 17.7 Å². The fraction of sp³-hybridized carbons (Fsp3) is 0.538. The summed E-state index contributed by atoms with van der Waals surface area (Å²) < 4.78 is 3.84. The molecule has 0 atom stereocenters. The van der Waals surface area contributed by atoms with Crippen molar-refractivity contribution in [3.63, 3.8) is 0 Å². The van der Waals surface area contributed by atoms with Gasteiger partial charge in [0.25, 0.3) is 0 Å². The first-order chi connectivity index (χ1) is 9.99. The Labute approximate surface area is 127 Å². The van der Waals surface area contributed by atoms with Crippen molar-refractivity contribution in [1.82, 2.24) is 24.5 Å². The van der Waals surface area contributed by atoms with E-state index in [1.807, 2.05) is 22.4 Å². The van der Waals surface area contributed by atoms with Crippen molar-refractivity contribution in [3.05, 3.63) is 23.8 Å². The first-order valence-electron chi connectivity index (χ1n) is 6.73. The Morgan fingerprint density at radius 1 is 1.43 bits per heavy atom. The van der Waals surface area contributed by atoms with E-state index in [4.69, 9.17) is 5.11 Å². The molecule has 2 heterocycles. The largest absolute Gasteiger partial charge is 0.481 e. The number of carbonyl (C=O) groups is 1. The molecule has 0 aliphatic carbocycles. The molecule has 1 N–H and O–H groups in total. The van der Waals surface area contributed by atoms with Crippen LogP contribution in [0.1, 0.15) is 31.3 Å². The van der Waals surface area contributed by atoms with Crippen LogP contribution in [0.15, 0.2) is 17.4 Å². The summed E-state index contributed by atoms with van der Waals surface area (Å²) in [7, 11) is 1.91. The number of nitrogens with zero attached hydrogens (tertiary/aromatic N) is 5. The molecule has 0 aliphatic rings. The van der Waals surface area contributed by atoms with Gasteiger partial charge in [-0.2, -0.15) is 5.10 Å². The highest BCUT2D eigenvalue weighted by Gasteiger charge is 2.16. The fourth-order valence-electron chi connectivity index (χ4n) is 2.04. The number of aliphatic carboxylic acids is 1. The van der Waals surface area contributed by atoms with Crippen LogP contribution in [0.25, 0.3) is 0 Å². The van der Waals surface area contributed by atoms with E-state index in [0.29, 0.717) is 11.7 Å². The lowest BCUT2D eigenvalue weighted by Crippen LogP contribution is -2.11. The topological polar surface area (TPSA) is 85.8 Å². The van der Waals surface area contributed by atoms with Crippen LogP contribution in [0.4, 0.5) is 0 Å². The van der Waals surface area contributed by atoms with Gasteiger partial charge in [-0.1, -0.05) is 25.6 Å². The van der Waals surface area contributed by atoms with Gasteiger partial charge in [0.05, 0.1) is 5.75 Å². The summed E-state index contributed by atoms with van der Waals surface area (Å²) in [6, 6.07) is 1.98. The molecule has 21 heavy (non-hydrogen) atoms. The smallest absolute Gasteiger partial charge is 0.313 e. The number of thioether (sulfide) groups is 1. The van der Waals surface area contributed by atoms with Gasteiger partial charge in [0.2, 0.25) is 0 Å². The second kappa shape index (κ2) is 6.75. The maximum Gasteiger partial charge on any atom is 0.313 e. The van der Waals surface area contributed by atoms with E-state index < -0.39 is 5.97 Å². The fourth-order valence-corrected chi connectivity index (χ4v) is 2.74. The Morgan fingerprint density at radius 3 is 2.76 bits per heavy atom. The molecule has 2 rings (SSSR count). The monoisotopic (exact) mass is 309 g/mol. The van der Waals surface area contributed by atoms with Crippen LogP contribution in [0.2, 0.25) is 0 Å².